The molecular formula is C32H30FN3O4S. The summed E-state index contributed by atoms with van der Waals surface area (Å²) < 4.78 is 24.8. The van der Waals surface area contributed by atoms with E-state index >= 15 is 0 Å². The molecule has 2 heterocycles. The van der Waals surface area contributed by atoms with Gasteiger partial charge in [0.05, 0.1) is 30.3 Å². The molecule has 7 nitrogen and oxygen atoms in total. The van der Waals surface area contributed by atoms with Gasteiger partial charge in [0.1, 0.15) is 18.2 Å². The number of hydrogen-bond donors (Lipinski definition) is 1. The number of halogens is 1. The predicted molar refractivity (Wildman–Crippen MR) is 157 cm³/mol. The summed E-state index contributed by atoms with van der Waals surface area (Å²) in [5.41, 5.74) is 4.34. The summed E-state index contributed by atoms with van der Waals surface area (Å²) >= 11 is 1.41. The van der Waals surface area contributed by atoms with Crippen molar-refractivity contribution < 1.29 is 23.5 Å². The molecule has 0 radical (unpaired) electrons. The molecule has 0 spiro atoms. The van der Waals surface area contributed by atoms with E-state index in [1.54, 1.807) is 26.0 Å². The number of aliphatic imine (C=N–C) groups is 1. The molecule has 1 atom stereocenters. The van der Waals surface area contributed by atoms with Crippen molar-refractivity contribution in [3.05, 3.63) is 124 Å². The SMILES string of the molecule is CCOC(=O)C1=C(C)N=C2SC=C(CC(=O)NCc3ccc(F)cc3)N2[C@@H]1c1cccc(OCc2ccccc2)c1. The minimum absolute atomic E-state index is 0.0725. The zero-order valence-corrected chi connectivity index (χ0v) is 23.6. The Morgan fingerprint density at radius 2 is 1.80 bits per heavy atom. The number of rotatable bonds is 10. The van der Waals surface area contributed by atoms with E-state index in [2.05, 4.69) is 5.32 Å². The summed E-state index contributed by atoms with van der Waals surface area (Å²) in [5.74, 6) is -0.326. The molecule has 3 aromatic carbocycles. The van der Waals surface area contributed by atoms with Crippen molar-refractivity contribution in [3.63, 3.8) is 0 Å². The molecule has 0 saturated heterocycles. The fraction of sp³-hybridized carbons (Fsp3) is 0.219. The van der Waals surface area contributed by atoms with Gasteiger partial charge in [-0.1, -0.05) is 66.4 Å². The van der Waals surface area contributed by atoms with Gasteiger partial charge in [-0.15, -0.1) is 0 Å². The van der Waals surface area contributed by atoms with Crippen LogP contribution in [0.4, 0.5) is 4.39 Å². The van der Waals surface area contributed by atoms with Crippen LogP contribution in [0.15, 0.2) is 106 Å². The molecular weight excluding hydrogens is 541 g/mol. The van der Waals surface area contributed by atoms with Crippen LogP contribution in [0.2, 0.25) is 0 Å². The number of thioether (sulfide) groups is 1. The van der Waals surface area contributed by atoms with Crippen molar-refractivity contribution in [2.24, 2.45) is 4.99 Å². The summed E-state index contributed by atoms with van der Waals surface area (Å²) in [6, 6.07) is 22.9. The first-order chi connectivity index (χ1) is 19.9. The van der Waals surface area contributed by atoms with Crippen LogP contribution in [0.1, 0.15) is 43.0 Å². The Kier molecular flexibility index (Phi) is 8.84. The third kappa shape index (κ3) is 6.69. The fourth-order valence-corrected chi connectivity index (χ4v) is 5.66. The zero-order valence-electron chi connectivity index (χ0n) is 22.8. The highest BCUT2D eigenvalue weighted by Gasteiger charge is 2.41. The second-order valence-corrected chi connectivity index (χ2v) is 10.4. The van der Waals surface area contributed by atoms with Crippen molar-refractivity contribution in [1.82, 2.24) is 10.2 Å². The molecule has 3 aromatic rings. The van der Waals surface area contributed by atoms with Crippen molar-refractivity contribution in [2.45, 2.75) is 39.5 Å². The molecule has 2 aliphatic heterocycles. The van der Waals surface area contributed by atoms with E-state index < -0.39 is 12.0 Å². The lowest BCUT2D eigenvalue weighted by molar-refractivity contribution is -0.139. The van der Waals surface area contributed by atoms with Crippen LogP contribution < -0.4 is 10.1 Å². The number of carbonyl (C=O) groups is 2. The lowest BCUT2D eigenvalue weighted by atomic mass is 9.93. The third-order valence-corrected chi connectivity index (χ3v) is 7.55. The number of carbonyl (C=O) groups excluding carboxylic acids is 2. The summed E-state index contributed by atoms with van der Waals surface area (Å²) in [7, 11) is 0. The van der Waals surface area contributed by atoms with Crippen LogP contribution in [-0.2, 0) is 27.5 Å². The average Bonchev–Trinajstić information content (AvgIpc) is 3.37. The van der Waals surface area contributed by atoms with E-state index in [9.17, 15) is 14.0 Å². The van der Waals surface area contributed by atoms with Crippen LogP contribution >= 0.6 is 11.8 Å². The van der Waals surface area contributed by atoms with Gasteiger partial charge in [0.15, 0.2) is 5.17 Å². The number of allylic oxidation sites excluding steroid dienone is 1. The van der Waals surface area contributed by atoms with Crippen LogP contribution in [0.3, 0.4) is 0 Å². The Morgan fingerprint density at radius 3 is 2.56 bits per heavy atom. The molecule has 1 amide bonds. The number of hydrogen-bond acceptors (Lipinski definition) is 7. The Balaban J connectivity index is 1.40. The number of fused-ring (bicyclic) bond motifs is 1. The van der Waals surface area contributed by atoms with E-state index in [1.807, 2.05) is 64.9 Å². The van der Waals surface area contributed by atoms with Crippen molar-refractivity contribution >= 4 is 28.8 Å². The van der Waals surface area contributed by atoms with Gasteiger partial charge in [-0.05, 0) is 60.2 Å². The lowest BCUT2D eigenvalue weighted by Gasteiger charge is -2.36. The maximum Gasteiger partial charge on any atom is 0.338 e. The number of ether oxygens (including phenoxy) is 2. The number of nitrogens with one attached hydrogen (secondary N) is 1. The van der Waals surface area contributed by atoms with Gasteiger partial charge in [-0.2, -0.15) is 0 Å². The highest BCUT2D eigenvalue weighted by Crippen LogP contribution is 2.45. The number of nitrogens with zero attached hydrogens (tertiary/aromatic N) is 2. The van der Waals surface area contributed by atoms with Crippen LogP contribution in [0.25, 0.3) is 0 Å². The molecule has 0 unspecified atom stereocenters. The quantitative estimate of drug-likeness (QED) is 0.290. The molecule has 0 bridgehead atoms. The zero-order chi connectivity index (χ0) is 28.8. The summed E-state index contributed by atoms with van der Waals surface area (Å²) in [4.78, 5) is 32.9. The van der Waals surface area contributed by atoms with Crippen molar-refractivity contribution in [3.8, 4) is 5.75 Å². The van der Waals surface area contributed by atoms with E-state index in [1.165, 1.54) is 23.9 Å². The monoisotopic (exact) mass is 571 g/mol. The van der Waals surface area contributed by atoms with Gasteiger partial charge in [-0.3, -0.25) is 4.79 Å². The summed E-state index contributed by atoms with van der Waals surface area (Å²) in [5, 5.41) is 5.47. The van der Waals surface area contributed by atoms with Gasteiger partial charge in [0, 0.05) is 12.2 Å². The van der Waals surface area contributed by atoms with Gasteiger partial charge >= 0.3 is 5.97 Å². The summed E-state index contributed by atoms with van der Waals surface area (Å²) in [6.45, 7) is 4.47. The molecule has 0 aliphatic carbocycles. The smallest absolute Gasteiger partial charge is 0.338 e. The molecule has 0 saturated carbocycles. The number of esters is 1. The van der Waals surface area contributed by atoms with Crippen molar-refractivity contribution in [1.29, 1.82) is 0 Å². The van der Waals surface area contributed by atoms with Gasteiger partial charge < -0.3 is 19.7 Å². The first kappa shape index (κ1) is 28.2. The first-order valence-corrected chi connectivity index (χ1v) is 14.2. The minimum Gasteiger partial charge on any atom is -0.489 e. The Morgan fingerprint density at radius 1 is 1.02 bits per heavy atom. The highest BCUT2D eigenvalue weighted by molar-refractivity contribution is 8.16. The molecule has 5 rings (SSSR count). The average molecular weight is 572 g/mol. The van der Waals surface area contributed by atoms with Gasteiger partial charge in [-0.25, -0.2) is 14.2 Å². The third-order valence-electron chi connectivity index (χ3n) is 6.66. The molecule has 0 aromatic heterocycles. The normalized spacial score (nSPS) is 16.1. The van der Waals surface area contributed by atoms with Crippen LogP contribution in [0.5, 0.6) is 5.75 Å². The van der Waals surface area contributed by atoms with E-state index in [-0.39, 0.29) is 31.3 Å². The molecule has 2 aliphatic rings. The standard InChI is InChI=1S/C32H30FN3O4S/c1-3-39-31(38)29-21(2)35-32-36(26(20-41-32)17-28(37)34-18-22-12-14-25(33)15-13-22)30(29)24-10-7-11-27(16-24)40-19-23-8-5-4-6-9-23/h4-16,20,30H,3,17-19H2,1-2H3,(H,34,37)/t30-/m1/s1. The number of benzene rings is 3. The topological polar surface area (TPSA) is 80.2 Å². The van der Waals surface area contributed by atoms with Crippen LogP contribution in [-0.4, -0.2) is 28.6 Å². The largest absolute Gasteiger partial charge is 0.489 e. The van der Waals surface area contributed by atoms with Gasteiger partial charge in [0.25, 0.3) is 0 Å². The van der Waals surface area contributed by atoms with Gasteiger partial charge in [0.2, 0.25) is 5.91 Å². The molecule has 210 valence electrons. The minimum atomic E-state index is -0.562. The van der Waals surface area contributed by atoms with E-state index in [4.69, 9.17) is 14.5 Å². The fourth-order valence-electron chi connectivity index (χ4n) is 4.70. The van der Waals surface area contributed by atoms with E-state index in [0.29, 0.717) is 34.5 Å². The molecule has 1 N–H and O–H groups in total. The predicted octanol–water partition coefficient (Wildman–Crippen LogP) is 6.25. The molecule has 41 heavy (non-hydrogen) atoms. The highest BCUT2D eigenvalue weighted by atomic mass is 32.2. The maximum absolute atomic E-state index is 13.2. The Bertz CT molecular complexity index is 1520. The summed E-state index contributed by atoms with van der Waals surface area (Å²) in [6.07, 6.45) is 0.0725. The maximum atomic E-state index is 13.2. The first-order valence-electron chi connectivity index (χ1n) is 13.3. The number of amides is 1. The molecule has 9 heteroatoms. The second kappa shape index (κ2) is 12.9. The Labute approximate surface area is 242 Å². The Hall–Kier alpha value is -4.37. The molecule has 0 fully saturated rings. The van der Waals surface area contributed by atoms with Crippen LogP contribution in [0, 0.1) is 5.82 Å². The number of amidine groups is 1. The second-order valence-electron chi connectivity index (χ2n) is 9.54. The lowest BCUT2D eigenvalue weighted by Crippen LogP contribution is -2.38. The van der Waals surface area contributed by atoms with Crippen molar-refractivity contribution in [2.75, 3.05) is 6.61 Å². The van der Waals surface area contributed by atoms with E-state index in [0.717, 1.165) is 16.7 Å².